The maximum absolute atomic E-state index is 12.2. The monoisotopic (exact) mass is 339 g/mol. The van der Waals surface area contributed by atoms with E-state index >= 15 is 0 Å². The average molecular weight is 339 g/mol. The molecule has 8 heteroatoms. The van der Waals surface area contributed by atoms with Crippen molar-refractivity contribution >= 4 is 43.7 Å². The van der Waals surface area contributed by atoms with E-state index in [9.17, 15) is 18.3 Å². The van der Waals surface area contributed by atoms with Crippen molar-refractivity contribution in [2.45, 2.75) is 4.90 Å². The van der Waals surface area contributed by atoms with Crippen molar-refractivity contribution in [2.75, 3.05) is 0 Å². The van der Waals surface area contributed by atoms with E-state index in [1.807, 2.05) is 0 Å². The number of aromatic carboxylic acids is 1. The molecule has 0 unspecified atom stereocenters. The summed E-state index contributed by atoms with van der Waals surface area (Å²) in [5.74, 6) is -1.05. The molecule has 24 heavy (non-hydrogen) atoms. The first kappa shape index (κ1) is 14.5. The minimum atomic E-state index is -3.91. The second kappa shape index (κ2) is 4.93. The fourth-order valence-corrected chi connectivity index (χ4v) is 3.64. The number of carbonyl (C=O) groups is 1. The van der Waals surface area contributed by atoms with Gasteiger partial charge in [-0.25, -0.2) is 4.79 Å². The fraction of sp³-hybridized carbons (Fsp3) is 0. The molecule has 0 spiro atoms. The Bertz CT molecular complexity index is 1200. The van der Waals surface area contributed by atoms with Crippen molar-refractivity contribution in [1.82, 2.24) is 4.98 Å². The molecule has 0 amide bonds. The van der Waals surface area contributed by atoms with Crippen molar-refractivity contribution in [3.63, 3.8) is 0 Å². The zero-order valence-electron chi connectivity index (χ0n) is 12.0. The lowest BCUT2D eigenvalue weighted by Crippen LogP contribution is -1.99. The number of aromatic nitrogens is 1. The van der Waals surface area contributed by atoms with E-state index in [0.29, 0.717) is 21.9 Å². The van der Waals surface area contributed by atoms with Crippen LogP contribution in [-0.2, 0) is 10.0 Å². The van der Waals surface area contributed by atoms with Crippen LogP contribution in [0.2, 0.25) is 0 Å². The van der Waals surface area contributed by atoms with Crippen LogP contribution in [0.1, 0.15) is 15.9 Å². The van der Waals surface area contributed by atoms with Crippen molar-refractivity contribution in [1.29, 1.82) is 0 Å². The lowest BCUT2D eigenvalue weighted by molar-refractivity contribution is 0.0697. The fourth-order valence-electron chi connectivity index (χ4n) is 2.68. The van der Waals surface area contributed by atoms with E-state index in [2.05, 4.69) is 14.6 Å². The summed E-state index contributed by atoms with van der Waals surface area (Å²) in [7, 11) is -3.91. The van der Waals surface area contributed by atoms with Crippen LogP contribution >= 0.6 is 0 Å². The van der Waals surface area contributed by atoms with Crippen LogP contribution in [0.5, 0.6) is 0 Å². The Morgan fingerprint density at radius 3 is 2.71 bits per heavy atom. The molecular weight excluding hydrogens is 330 g/mol. The number of benzene rings is 2. The molecule has 0 fully saturated rings. The lowest BCUT2D eigenvalue weighted by atomic mass is 10.0. The van der Waals surface area contributed by atoms with Gasteiger partial charge in [-0.15, -0.1) is 5.11 Å². The van der Waals surface area contributed by atoms with Gasteiger partial charge in [0.25, 0.3) is 10.0 Å². The number of hydrogen-bond acceptors (Lipinski definition) is 5. The van der Waals surface area contributed by atoms with Gasteiger partial charge < -0.3 is 5.11 Å². The normalized spacial score (nSPS) is 15.3. The van der Waals surface area contributed by atoms with Gasteiger partial charge in [-0.1, -0.05) is 10.6 Å². The molecule has 3 aromatic rings. The van der Waals surface area contributed by atoms with Crippen molar-refractivity contribution in [3.05, 3.63) is 53.9 Å². The van der Waals surface area contributed by atoms with Crippen LogP contribution in [0.3, 0.4) is 0 Å². The number of sulfonamides is 1. The van der Waals surface area contributed by atoms with Crippen LogP contribution in [-0.4, -0.2) is 24.5 Å². The summed E-state index contributed by atoms with van der Waals surface area (Å²) in [6.45, 7) is 0. The number of nitrogens with zero attached hydrogens (tertiary/aromatic N) is 3. The molecule has 2 heterocycles. The molecule has 0 saturated heterocycles. The van der Waals surface area contributed by atoms with Crippen LogP contribution in [0.25, 0.3) is 27.8 Å². The minimum Gasteiger partial charge on any atom is -0.478 e. The first-order valence-electron chi connectivity index (χ1n) is 6.89. The Labute approximate surface area is 136 Å². The second-order valence-electron chi connectivity index (χ2n) is 5.26. The zero-order valence-corrected chi connectivity index (χ0v) is 12.9. The number of fused-ring (bicyclic) bond motifs is 4. The molecule has 1 N–H and O–H groups in total. The van der Waals surface area contributed by atoms with E-state index in [1.165, 1.54) is 24.4 Å². The Hall–Kier alpha value is -3.13. The summed E-state index contributed by atoms with van der Waals surface area (Å²) in [6, 6.07) is 7.73. The molecule has 118 valence electrons. The molecule has 1 aromatic heterocycles. The maximum Gasteiger partial charge on any atom is 0.335 e. The van der Waals surface area contributed by atoms with Crippen LogP contribution < -0.4 is 0 Å². The minimum absolute atomic E-state index is 0.0162. The molecule has 0 radical (unpaired) electrons. The van der Waals surface area contributed by atoms with Gasteiger partial charge in [0, 0.05) is 17.0 Å². The summed E-state index contributed by atoms with van der Waals surface area (Å²) in [5, 5.41) is 14.5. The van der Waals surface area contributed by atoms with E-state index in [4.69, 9.17) is 0 Å². The maximum atomic E-state index is 12.2. The highest BCUT2D eigenvalue weighted by Crippen LogP contribution is 2.31. The number of pyridine rings is 1. The topological polar surface area (TPSA) is 109 Å². The van der Waals surface area contributed by atoms with Gasteiger partial charge in [-0.05, 0) is 41.3 Å². The Kier molecular flexibility index (Phi) is 2.97. The van der Waals surface area contributed by atoms with Gasteiger partial charge in [0.2, 0.25) is 0 Å². The number of rotatable bonds is 1. The molecule has 7 nitrogen and oxygen atoms in total. The molecule has 4 rings (SSSR count). The molecule has 0 saturated carbocycles. The van der Waals surface area contributed by atoms with E-state index < -0.39 is 16.0 Å². The second-order valence-corrected chi connectivity index (χ2v) is 6.81. The van der Waals surface area contributed by atoms with Crippen molar-refractivity contribution < 1.29 is 18.3 Å². The van der Waals surface area contributed by atoms with Gasteiger partial charge in [-0.2, -0.15) is 8.42 Å². The molecular formula is C16H9N3O4S. The number of carboxylic acid groups (broad SMARTS) is 1. The van der Waals surface area contributed by atoms with E-state index in [0.717, 1.165) is 5.39 Å². The summed E-state index contributed by atoms with van der Waals surface area (Å²) in [4.78, 5) is 15.6. The highest BCUT2D eigenvalue weighted by atomic mass is 32.2. The smallest absolute Gasteiger partial charge is 0.335 e. The first-order valence-corrected chi connectivity index (χ1v) is 8.33. The largest absolute Gasteiger partial charge is 0.478 e. The Morgan fingerprint density at radius 1 is 1.08 bits per heavy atom. The van der Waals surface area contributed by atoms with Gasteiger partial charge in [0.15, 0.2) is 0 Å². The zero-order chi connectivity index (χ0) is 16.9. The summed E-state index contributed by atoms with van der Waals surface area (Å²) < 4.78 is 27.8. The highest BCUT2D eigenvalue weighted by molar-refractivity contribution is 7.90. The summed E-state index contributed by atoms with van der Waals surface area (Å²) >= 11 is 0. The van der Waals surface area contributed by atoms with E-state index in [-0.39, 0.29) is 10.5 Å². The highest BCUT2D eigenvalue weighted by Gasteiger charge is 2.20. The quantitative estimate of drug-likeness (QED) is 0.685. The van der Waals surface area contributed by atoms with Gasteiger partial charge in [0.1, 0.15) is 0 Å². The molecule has 0 aliphatic carbocycles. The first-order chi connectivity index (χ1) is 11.5. The number of hydrogen-bond donors (Lipinski definition) is 1. The molecule has 1 aliphatic rings. The molecule has 1 aliphatic heterocycles. The van der Waals surface area contributed by atoms with Crippen LogP contribution in [0.15, 0.2) is 57.3 Å². The standard InChI is InChI=1S/C16H9N3O4S/c20-16(21)10-1-2-11-8-17-14-6-9-3-4-18-19-24(22,23)15(9)7-13(14)12(11)5-10/h1-8H,(H,20,21). The van der Waals surface area contributed by atoms with Crippen LogP contribution in [0, 0.1) is 0 Å². The number of carboxylic acids is 1. The lowest BCUT2D eigenvalue weighted by Gasteiger charge is -2.08. The Morgan fingerprint density at radius 2 is 1.92 bits per heavy atom. The van der Waals surface area contributed by atoms with Crippen LogP contribution in [0.4, 0.5) is 0 Å². The van der Waals surface area contributed by atoms with Crippen molar-refractivity contribution in [2.24, 2.45) is 9.63 Å². The van der Waals surface area contributed by atoms with Gasteiger partial charge >= 0.3 is 5.97 Å². The summed E-state index contributed by atoms with van der Waals surface area (Å²) in [6.07, 6.45) is 4.47. The SMILES string of the molecule is O=C(O)c1ccc2cnc3cc4c(cc3c2c1)S(=O)(=O)N=NC=C4. The van der Waals surface area contributed by atoms with E-state index in [1.54, 1.807) is 24.4 Å². The third-order valence-electron chi connectivity index (χ3n) is 3.81. The molecule has 0 atom stereocenters. The predicted octanol–water partition coefficient (Wildman–Crippen LogP) is 3.21. The third kappa shape index (κ3) is 2.16. The average Bonchev–Trinajstić information content (AvgIpc) is 2.71. The third-order valence-corrected chi connectivity index (χ3v) is 5.03. The van der Waals surface area contributed by atoms with Gasteiger partial charge in [0.05, 0.1) is 22.2 Å². The van der Waals surface area contributed by atoms with Gasteiger partial charge in [-0.3, -0.25) is 4.98 Å². The Balaban J connectivity index is 2.15. The predicted molar refractivity (Wildman–Crippen MR) is 87.3 cm³/mol. The molecule has 0 bridgehead atoms. The van der Waals surface area contributed by atoms with Crippen molar-refractivity contribution in [3.8, 4) is 0 Å². The summed E-state index contributed by atoms with van der Waals surface area (Å²) in [5.41, 5.74) is 1.12. The molecule has 2 aromatic carbocycles.